The number of hydrogen-bond acceptors (Lipinski definition) is 5. The number of rotatable bonds is 4. The van der Waals surface area contributed by atoms with Gasteiger partial charge in [0.05, 0.1) is 21.0 Å². The van der Waals surface area contributed by atoms with Crippen molar-refractivity contribution in [3.8, 4) is 11.8 Å². The van der Waals surface area contributed by atoms with Crippen molar-refractivity contribution < 1.29 is 8.42 Å². The topological polar surface area (TPSA) is 98.2 Å². The Balaban J connectivity index is 1.79. The van der Waals surface area contributed by atoms with Gasteiger partial charge in [0.2, 0.25) is 10.0 Å². The second kappa shape index (κ2) is 7.38. The van der Waals surface area contributed by atoms with Crippen LogP contribution in [0.5, 0.6) is 0 Å². The standard InChI is InChI=1S/C19H19N3O2S2/c1-2-15-16-8-4-9-17(20)19(16)25-18(15)10-5-11-22-13-6-3-7-14(12-13)26(21,23)24/h3-4,6-9,12,22H,2,11,20H2,1H3,(H2,21,23,24). The van der Waals surface area contributed by atoms with Crippen LogP contribution in [0.4, 0.5) is 11.4 Å². The lowest BCUT2D eigenvalue weighted by Crippen LogP contribution is -2.12. The molecule has 3 rings (SSSR count). The van der Waals surface area contributed by atoms with Crippen molar-refractivity contribution in [1.82, 2.24) is 0 Å². The highest BCUT2D eigenvalue weighted by molar-refractivity contribution is 7.89. The first-order chi connectivity index (χ1) is 12.4. The summed E-state index contributed by atoms with van der Waals surface area (Å²) in [5.41, 5.74) is 8.70. The first-order valence-electron chi connectivity index (χ1n) is 8.05. The maximum Gasteiger partial charge on any atom is 0.238 e. The van der Waals surface area contributed by atoms with E-state index in [-0.39, 0.29) is 4.90 Å². The minimum atomic E-state index is -3.71. The van der Waals surface area contributed by atoms with Gasteiger partial charge in [-0.15, -0.1) is 11.3 Å². The highest BCUT2D eigenvalue weighted by atomic mass is 32.2. The molecule has 1 heterocycles. The first-order valence-corrected chi connectivity index (χ1v) is 10.4. The van der Waals surface area contributed by atoms with E-state index in [1.54, 1.807) is 23.5 Å². The minimum Gasteiger partial charge on any atom is -0.398 e. The maximum atomic E-state index is 11.4. The molecule has 0 bridgehead atoms. The third kappa shape index (κ3) is 3.83. The molecule has 0 saturated carbocycles. The Morgan fingerprint density at radius 3 is 2.69 bits per heavy atom. The first kappa shape index (κ1) is 18.3. The highest BCUT2D eigenvalue weighted by Crippen LogP contribution is 2.34. The Kier molecular flexibility index (Phi) is 5.18. The zero-order valence-electron chi connectivity index (χ0n) is 14.2. The predicted octanol–water partition coefficient (Wildman–Crippen LogP) is 3.16. The fraction of sp³-hybridized carbons (Fsp3) is 0.158. The van der Waals surface area contributed by atoms with Crippen molar-refractivity contribution in [3.05, 3.63) is 52.9 Å². The molecule has 2 aromatic carbocycles. The Morgan fingerprint density at radius 2 is 1.96 bits per heavy atom. The lowest BCUT2D eigenvalue weighted by molar-refractivity contribution is 0.598. The zero-order chi connectivity index (χ0) is 18.7. The van der Waals surface area contributed by atoms with E-state index >= 15 is 0 Å². The summed E-state index contributed by atoms with van der Waals surface area (Å²) in [6.07, 6.45) is 0.886. The number of nitrogen functional groups attached to an aromatic ring is 1. The second-order valence-corrected chi connectivity index (χ2v) is 8.30. The van der Waals surface area contributed by atoms with Crippen LogP contribution in [0.3, 0.4) is 0 Å². The molecule has 0 unspecified atom stereocenters. The number of aryl methyl sites for hydroxylation is 1. The van der Waals surface area contributed by atoms with Crippen LogP contribution in [0, 0.1) is 11.8 Å². The van der Waals surface area contributed by atoms with Gasteiger partial charge in [0.25, 0.3) is 0 Å². The van der Waals surface area contributed by atoms with E-state index in [2.05, 4.69) is 30.1 Å². The van der Waals surface area contributed by atoms with Gasteiger partial charge < -0.3 is 11.1 Å². The van der Waals surface area contributed by atoms with Crippen molar-refractivity contribution in [1.29, 1.82) is 0 Å². The summed E-state index contributed by atoms with van der Waals surface area (Å²) in [4.78, 5) is 1.09. The van der Waals surface area contributed by atoms with Crippen LogP contribution in [-0.4, -0.2) is 15.0 Å². The van der Waals surface area contributed by atoms with E-state index in [1.165, 1.54) is 17.7 Å². The number of nitrogens with two attached hydrogens (primary N) is 2. The molecule has 5 N–H and O–H groups in total. The summed E-state index contributed by atoms with van der Waals surface area (Å²) < 4.78 is 23.9. The molecular weight excluding hydrogens is 366 g/mol. The molecule has 134 valence electrons. The average Bonchev–Trinajstić information content (AvgIpc) is 2.97. The molecule has 0 aliphatic heterocycles. The lowest BCUT2D eigenvalue weighted by atomic mass is 10.1. The number of hydrogen-bond donors (Lipinski definition) is 3. The molecule has 0 fully saturated rings. The number of sulfonamides is 1. The zero-order valence-corrected chi connectivity index (χ0v) is 15.9. The summed E-state index contributed by atoms with van der Waals surface area (Å²) in [6.45, 7) is 2.49. The van der Waals surface area contributed by atoms with Crippen LogP contribution in [0.1, 0.15) is 17.4 Å². The fourth-order valence-electron chi connectivity index (χ4n) is 2.70. The number of anilines is 2. The van der Waals surface area contributed by atoms with Gasteiger partial charge >= 0.3 is 0 Å². The van der Waals surface area contributed by atoms with Gasteiger partial charge in [0, 0.05) is 11.4 Å². The molecule has 3 aromatic rings. The third-order valence-corrected chi connectivity index (χ3v) is 6.07. The number of nitrogens with one attached hydrogen (secondary N) is 1. The van der Waals surface area contributed by atoms with E-state index in [9.17, 15) is 8.42 Å². The van der Waals surface area contributed by atoms with Crippen LogP contribution >= 0.6 is 11.3 Å². The van der Waals surface area contributed by atoms with E-state index in [0.29, 0.717) is 12.2 Å². The maximum absolute atomic E-state index is 11.4. The van der Waals surface area contributed by atoms with E-state index < -0.39 is 10.0 Å². The Bertz CT molecular complexity index is 1120. The van der Waals surface area contributed by atoms with Crippen molar-refractivity contribution >= 4 is 42.8 Å². The molecule has 0 radical (unpaired) electrons. The van der Waals surface area contributed by atoms with Gasteiger partial charge in [0.15, 0.2) is 0 Å². The van der Waals surface area contributed by atoms with E-state index in [1.807, 2.05) is 12.1 Å². The number of thiophene rings is 1. The van der Waals surface area contributed by atoms with E-state index in [4.69, 9.17) is 10.9 Å². The lowest BCUT2D eigenvalue weighted by Gasteiger charge is -2.04. The summed E-state index contributed by atoms with van der Waals surface area (Å²) in [5.74, 6) is 6.29. The van der Waals surface area contributed by atoms with Crippen LogP contribution < -0.4 is 16.2 Å². The molecule has 1 aromatic heterocycles. The van der Waals surface area contributed by atoms with Crippen LogP contribution in [0.25, 0.3) is 10.1 Å². The third-order valence-electron chi connectivity index (χ3n) is 3.95. The van der Waals surface area contributed by atoms with Gasteiger partial charge in [-0.2, -0.15) is 0 Å². The van der Waals surface area contributed by atoms with Gasteiger partial charge in [-0.3, -0.25) is 0 Å². The van der Waals surface area contributed by atoms with Crippen LogP contribution in [-0.2, 0) is 16.4 Å². The van der Waals surface area contributed by atoms with Gasteiger partial charge in [-0.05, 0) is 41.6 Å². The predicted molar refractivity (Wildman–Crippen MR) is 109 cm³/mol. The summed E-state index contributed by atoms with van der Waals surface area (Å²) in [5, 5.41) is 9.40. The molecule has 0 aliphatic rings. The molecule has 0 aliphatic carbocycles. The quantitative estimate of drug-likeness (QED) is 0.475. The smallest absolute Gasteiger partial charge is 0.238 e. The summed E-state index contributed by atoms with van der Waals surface area (Å²) >= 11 is 1.60. The van der Waals surface area contributed by atoms with Gasteiger partial charge in [-0.1, -0.05) is 37.0 Å². The molecule has 0 saturated heterocycles. The highest BCUT2D eigenvalue weighted by Gasteiger charge is 2.10. The average molecular weight is 386 g/mol. The second-order valence-electron chi connectivity index (χ2n) is 5.72. The van der Waals surface area contributed by atoms with Gasteiger partial charge in [0.1, 0.15) is 0 Å². The Labute approximate surface area is 157 Å². The molecule has 26 heavy (non-hydrogen) atoms. The SMILES string of the molecule is CCc1c(C#CCNc2cccc(S(N)(=O)=O)c2)sc2c(N)cccc12. The molecule has 5 nitrogen and oxygen atoms in total. The van der Waals surface area contributed by atoms with Crippen LogP contribution in [0.2, 0.25) is 0 Å². The Morgan fingerprint density at radius 1 is 1.19 bits per heavy atom. The normalized spacial score (nSPS) is 11.2. The molecule has 0 atom stereocenters. The van der Waals surface area contributed by atoms with Crippen LogP contribution in [0.15, 0.2) is 47.4 Å². The fourth-order valence-corrected chi connectivity index (χ4v) is 4.45. The number of benzene rings is 2. The Hall–Kier alpha value is -2.53. The van der Waals surface area contributed by atoms with Gasteiger partial charge in [-0.25, -0.2) is 13.6 Å². The van der Waals surface area contributed by atoms with Crippen molar-refractivity contribution in [2.75, 3.05) is 17.6 Å². The molecule has 7 heteroatoms. The minimum absolute atomic E-state index is 0.0729. The summed E-state index contributed by atoms with van der Waals surface area (Å²) in [6, 6.07) is 12.3. The van der Waals surface area contributed by atoms with E-state index in [0.717, 1.165) is 27.1 Å². The van der Waals surface area contributed by atoms with Crippen molar-refractivity contribution in [3.63, 3.8) is 0 Å². The number of fused-ring (bicyclic) bond motifs is 1. The monoisotopic (exact) mass is 385 g/mol. The largest absolute Gasteiger partial charge is 0.398 e. The molecular formula is C19H19N3O2S2. The molecule has 0 amide bonds. The number of primary sulfonamides is 1. The van der Waals surface area contributed by atoms with Crippen molar-refractivity contribution in [2.24, 2.45) is 5.14 Å². The molecule has 0 spiro atoms. The van der Waals surface area contributed by atoms with Crippen molar-refractivity contribution in [2.45, 2.75) is 18.2 Å². The summed E-state index contributed by atoms with van der Waals surface area (Å²) in [7, 11) is -3.71.